The van der Waals surface area contributed by atoms with Crippen molar-refractivity contribution in [2.24, 2.45) is 0 Å². The zero-order chi connectivity index (χ0) is 13.1. The molecule has 0 saturated carbocycles. The van der Waals surface area contributed by atoms with Gasteiger partial charge in [0.1, 0.15) is 0 Å². The van der Waals surface area contributed by atoms with Crippen molar-refractivity contribution in [3.05, 3.63) is 60.0 Å². The number of fused-ring (bicyclic) bond motifs is 1. The van der Waals surface area contributed by atoms with Crippen LogP contribution in [0.25, 0.3) is 10.8 Å². The van der Waals surface area contributed by atoms with E-state index in [4.69, 9.17) is 0 Å². The first-order valence-electron chi connectivity index (χ1n) is 6.20. The summed E-state index contributed by atoms with van der Waals surface area (Å²) in [7, 11) is 0. The number of pyridine rings is 1. The Morgan fingerprint density at radius 3 is 2.53 bits per heavy atom. The molecule has 1 N–H and O–H groups in total. The summed E-state index contributed by atoms with van der Waals surface area (Å²) in [5, 5.41) is 13.9. The Hall–Kier alpha value is -2.49. The fourth-order valence-electron chi connectivity index (χ4n) is 2.05. The SMILES string of the molecule is Cc1nnc(NCc2ccccn2)c2ccccc12. The Labute approximate surface area is 111 Å². The standard InChI is InChI=1S/C15H14N4/c1-11-13-7-2-3-8-14(13)15(19-18-11)17-10-12-6-4-5-9-16-12/h2-9H,10H2,1H3,(H,17,19). The largest absolute Gasteiger partial charge is 0.362 e. The first-order valence-corrected chi connectivity index (χ1v) is 6.20. The van der Waals surface area contributed by atoms with Crippen molar-refractivity contribution in [1.82, 2.24) is 15.2 Å². The van der Waals surface area contributed by atoms with Crippen LogP contribution < -0.4 is 5.32 Å². The van der Waals surface area contributed by atoms with Crippen molar-refractivity contribution < 1.29 is 0 Å². The number of rotatable bonds is 3. The van der Waals surface area contributed by atoms with Crippen molar-refractivity contribution in [3.63, 3.8) is 0 Å². The summed E-state index contributed by atoms with van der Waals surface area (Å²) in [5.74, 6) is 0.798. The van der Waals surface area contributed by atoms with E-state index in [0.717, 1.165) is 28.0 Å². The minimum atomic E-state index is 0.641. The summed E-state index contributed by atoms with van der Waals surface area (Å²) >= 11 is 0. The van der Waals surface area contributed by atoms with Crippen molar-refractivity contribution in [2.75, 3.05) is 5.32 Å². The molecule has 4 heteroatoms. The van der Waals surface area contributed by atoms with Gasteiger partial charge >= 0.3 is 0 Å². The molecule has 2 heterocycles. The lowest BCUT2D eigenvalue weighted by Crippen LogP contribution is -2.05. The highest BCUT2D eigenvalue weighted by Gasteiger charge is 2.05. The summed E-state index contributed by atoms with van der Waals surface area (Å²) in [6, 6.07) is 14.0. The molecule has 0 bridgehead atoms. The Balaban J connectivity index is 1.91. The number of anilines is 1. The van der Waals surface area contributed by atoms with Crippen LogP contribution >= 0.6 is 0 Å². The molecule has 0 amide bonds. The van der Waals surface area contributed by atoms with Crippen molar-refractivity contribution in [2.45, 2.75) is 13.5 Å². The summed E-state index contributed by atoms with van der Waals surface area (Å²) < 4.78 is 0. The number of aryl methyl sites for hydroxylation is 1. The number of aromatic nitrogens is 3. The van der Waals surface area contributed by atoms with Gasteiger partial charge in [0.25, 0.3) is 0 Å². The van der Waals surface area contributed by atoms with Gasteiger partial charge in [-0.1, -0.05) is 30.3 Å². The zero-order valence-electron chi connectivity index (χ0n) is 10.7. The normalized spacial score (nSPS) is 10.6. The Kier molecular flexibility index (Phi) is 3.06. The van der Waals surface area contributed by atoms with Crippen molar-refractivity contribution in [1.29, 1.82) is 0 Å². The number of hydrogen-bond acceptors (Lipinski definition) is 4. The van der Waals surface area contributed by atoms with E-state index in [1.54, 1.807) is 6.20 Å². The van der Waals surface area contributed by atoms with E-state index in [0.29, 0.717) is 6.54 Å². The predicted octanol–water partition coefficient (Wildman–Crippen LogP) is 2.95. The molecule has 0 spiro atoms. The number of nitrogens with zero attached hydrogens (tertiary/aromatic N) is 3. The average Bonchev–Trinajstić information content (AvgIpc) is 2.48. The molecule has 19 heavy (non-hydrogen) atoms. The van der Waals surface area contributed by atoms with E-state index >= 15 is 0 Å². The number of hydrogen-bond donors (Lipinski definition) is 1. The molecule has 0 aliphatic heterocycles. The molecule has 0 unspecified atom stereocenters. The minimum absolute atomic E-state index is 0.641. The van der Waals surface area contributed by atoms with Crippen molar-refractivity contribution in [3.8, 4) is 0 Å². The van der Waals surface area contributed by atoms with E-state index < -0.39 is 0 Å². The van der Waals surface area contributed by atoms with Crippen LogP contribution in [0.1, 0.15) is 11.4 Å². The average molecular weight is 250 g/mol. The summed E-state index contributed by atoms with van der Waals surface area (Å²) in [5.41, 5.74) is 1.92. The van der Waals surface area contributed by atoms with Gasteiger partial charge in [0.05, 0.1) is 17.9 Å². The summed E-state index contributed by atoms with van der Waals surface area (Å²) in [6.45, 7) is 2.61. The van der Waals surface area contributed by atoms with E-state index in [1.807, 2.05) is 37.3 Å². The maximum atomic E-state index is 4.28. The smallest absolute Gasteiger partial charge is 0.156 e. The van der Waals surface area contributed by atoms with Gasteiger partial charge in [-0.2, -0.15) is 5.10 Å². The number of benzene rings is 1. The molecule has 0 radical (unpaired) electrons. The third-order valence-electron chi connectivity index (χ3n) is 3.04. The van der Waals surface area contributed by atoms with Crippen LogP contribution in [0.15, 0.2) is 48.7 Å². The molecule has 3 aromatic rings. The molecule has 1 aromatic carbocycles. The highest BCUT2D eigenvalue weighted by molar-refractivity contribution is 5.92. The quantitative estimate of drug-likeness (QED) is 0.776. The highest BCUT2D eigenvalue weighted by atomic mass is 15.2. The predicted molar refractivity (Wildman–Crippen MR) is 75.8 cm³/mol. The van der Waals surface area contributed by atoms with E-state index in [-0.39, 0.29) is 0 Å². The van der Waals surface area contributed by atoms with Crippen LogP contribution in [-0.4, -0.2) is 15.2 Å². The summed E-state index contributed by atoms with van der Waals surface area (Å²) in [4.78, 5) is 4.28. The Bertz CT molecular complexity index is 695. The van der Waals surface area contributed by atoms with Gasteiger partial charge in [-0.15, -0.1) is 5.10 Å². The highest BCUT2D eigenvalue weighted by Crippen LogP contribution is 2.22. The second-order valence-electron chi connectivity index (χ2n) is 4.35. The molecular formula is C15H14N4. The van der Waals surface area contributed by atoms with Gasteiger partial charge in [-0.3, -0.25) is 4.98 Å². The summed E-state index contributed by atoms with van der Waals surface area (Å²) in [6.07, 6.45) is 1.79. The van der Waals surface area contributed by atoms with Gasteiger partial charge in [-0.25, -0.2) is 0 Å². The zero-order valence-corrected chi connectivity index (χ0v) is 10.7. The van der Waals surface area contributed by atoms with Crippen LogP contribution in [-0.2, 0) is 6.54 Å². The third-order valence-corrected chi connectivity index (χ3v) is 3.04. The fraction of sp³-hybridized carbons (Fsp3) is 0.133. The number of nitrogens with one attached hydrogen (secondary N) is 1. The van der Waals surface area contributed by atoms with Gasteiger partial charge < -0.3 is 5.32 Å². The van der Waals surface area contributed by atoms with Crippen molar-refractivity contribution >= 4 is 16.6 Å². The minimum Gasteiger partial charge on any atom is -0.362 e. The van der Waals surface area contributed by atoms with E-state index in [9.17, 15) is 0 Å². The molecule has 4 nitrogen and oxygen atoms in total. The molecule has 3 rings (SSSR count). The maximum Gasteiger partial charge on any atom is 0.156 e. The second-order valence-corrected chi connectivity index (χ2v) is 4.35. The Morgan fingerprint density at radius 1 is 0.947 bits per heavy atom. The van der Waals surface area contributed by atoms with E-state index in [2.05, 4.69) is 32.6 Å². The van der Waals surface area contributed by atoms with Gasteiger partial charge in [0.2, 0.25) is 0 Å². The first kappa shape index (κ1) is 11.6. The van der Waals surface area contributed by atoms with Gasteiger partial charge in [-0.05, 0) is 19.1 Å². The molecule has 94 valence electrons. The molecule has 2 aromatic heterocycles. The Morgan fingerprint density at radius 2 is 1.74 bits per heavy atom. The fourth-order valence-corrected chi connectivity index (χ4v) is 2.05. The molecule has 0 atom stereocenters. The molecule has 0 aliphatic carbocycles. The lowest BCUT2D eigenvalue weighted by molar-refractivity contribution is 0.967. The monoisotopic (exact) mass is 250 g/mol. The van der Waals surface area contributed by atoms with Crippen LogP contribution in [0, 0.1) is 6.92 Å². The first-order chi connectivity index (χ1) is 9.34. The molecule has 0 aliphatic rings. The molecule has 0 fully saturated rings. The maximum absolute atomic E-state index is 4.28. The van der Waals surface area contributed by atoms with Crippen LogP contribution in [0.3, 0.4) is 0 Å². The molecule has 0 saturated heterocycles. The van der Waals surface area contributed by atoms with Crippen LogP contribution in [0.5, 0.6) is 0 Å². The topological polar surface area (TPSA) is 50.7 Å². The van der Waals surface area contributed by atoms with E-state index in [1.165, 1.54) is 0 Å². The van der Waals surface area contributed by atoms with Crippen LogP contribution in [0.2, 0.25) is 0 Å². The van der Waals surface area contributed by atoms with Crippen LogP contribution in [0.4, 0.5) is 5.82 Å². The third kappa shape index (κ3) is 2.38. The lowest BCUT2D eigenvalue weighted by Gasteiger charge is -2.08. The second kappa shape index (κ2) is 5.02. The lowest BCUT2D eigenvalue weighted by atomic mass is 10.1. The van der Waals surface area contributed by atoms with Gasteiger partial charge in [0, 0.05) is 17.0 Å². The molecular weight excluding hydrogens is 236 g/mol. The van der Waals surface area contributed by atoms with Gasteiger partial charge in [0.15, 0.2) is 5.82 Å².